The van der Waals surface area contributed by atoms with Gasteiger partial charge in [-0.2, -0.15) is 0 Å². The van der Waals surface area contributed by atoms with Crippen LogP contribution in [0.3, 0.4) is 0 Å². The highest BCUT2D eigenvalue weighted by molar-refractivity contribution is 5.82. The second-order valence-electron chi connectivity index (χ2n) is 5.61. The van der Waals surface area contributed by atoms with Crippen molar-refractivity contribution in [3.63, 3.8) is 0 Å². The maximum absolute atomic E-state index is 11.8. The van der Waals surface area contributed by atoms with Gasteiger partial charge in [0.05, 0.1) is 6.10 Å². The molecule has 0 spiro atoms. The van der Waals surface area contributed by atoms with Gasteiger partial charge in [0.25, 0.3) is 0 Å². The third-order valence-electron chi connectivity index (χ3n) is 4.61. The molecule has 0 heterocycles. The van der Waals surface area contributed by atoms with E-state index in [9.17, 15) is 4.79 Å². The maximum atomic E-state index is 11.8. The Kier molecular flexibility index (Phi) is 2.06. The number of amides is 1. The van der Waals surface area contributed by atoms with Crippen molar-refractivity contribution in [1.29, 1.82) is 0 Å². The maximum Gasteiger partial charge on any atom is 0.223 e. The van der Waals surface area contributed by atoms with Gasteiger partial charge in [0, 0.05) is 12.5 Å². The molecule has 0 saturated heterocycles. The van der Waals surface area contributed by atoms with Crippen LogP contribution in [0.5, 0.6) is 0 Å². The van der Waals surface area contributed by atoms with E-state index in [4.69, 9.17) is 5.11 Å². The van der Waals surface area contributed by atoms with Crippen molar-refractivity contribution in [2.75, 3.05) is 6.54 Å². The number of carbonyl (C=O) groups excluding carboxylic acids is 1. The number of fused-ring (bicyclic) bond motifs is 5. The van der Waals surface area contributed by atoms with Gasteiger partial charge < -0.3 is 10.4 Å². The number of rotatable bonds is 3. The average Bonchev–Trinajstić information content (AvgIpc) is 2.64. The molecular weight excluding hydrogens is 190 g/mol. The van der Waals surface area contributed by atoms with E-state index in [0.717, 1.165) is 11.8 Å². The van der Waals surface area contributed by atoms with Crippen LogP contribution in [0.15, 0.2) is 0 Å². The molecule has 3 heteroatoms. The molecule has 0 aromatic rings. The summed E-state index contributed by atoms with van der Waals surface area (Å²) in [5, 5.41) is 12.0. The molecule has 3 nitrogen and oxygen atoms in total. The second kappa shape index (κ2) is 3.21. The second-order valence-corrected chi connectivity index (χ2v) is 5.61. The molecule has 3 aliphatic carbocycles. The molecule has 3 rings (SSSR count). The predicted octanol–water partition coefficient (Wildman–Crippen LogP) is 0.775. The van der Waals surface area contributed by atoms with Crippen LogP contribution in [0.1, 0.15) is 26.2 Å². The van der Waals surface area contributed by atoms with Crippen molar-refractivity contribution in [3.8, 4) is 0 Å². The van der Waals surface area contributed by atoms with E-state index < -0.39 is 6.10 Å². The summed E-state index contributed by atoms with van der Waals surface area (Å²) in [5.74, 6) is 3.61. The molecule has 0 aromatic carbocycles. The van der Waals surface area contributed by atoms with Crippen LogP contribution in [-0.2, 0) is 4.79 Å². The summed E-state index contributed by atoms with van der Waals surface area (Å²) < 4.78 is 0. The largest absolute Gasteiger partial charge is 0.392 e. The Bertz CT molecular complexity index is 273. The van der Waals surface area contributed by atoms with Gasteiger partial charge in [0.2, 0.25) is 5.91 Å². The fraction of sp³-hybridized carbons (Fsp3) is 0.917. The Morgan fingerprint density at radius 1 is 1.40 bits per heavy atom. The van der Waals surface area contributed by atoms with E-state index in [1.165, 1.54) is 19.3 Å². The van der Waals surface area contributed by atoms with Crippen molar-refractivity contribution in [1.82, 2.24) is 5.32 Å². The zero-order valence-corrected chi connectivity index (χ0v) is 9.15. The minimum atomic E-state index is -0.427. The number of aliphatic hydroxyl groups excluding tert-OH is 1. The summed E-state index contributed by atoms with van der Waals surface area (Å²) in [6.45, 7) is 2.11. The molecule has 1 amide bonds. The van der Waals surface area contributed by atoms with Crippen LogP contribution in [0.4, 0.5) is 0 Å². The Morgan fingerprint density at radius 3 is 2.53 bits per heavy atom. The number of carbonyl (C=O) groups is 1. The summed E-state index contributed by atoms with van der Waals surface area (Å²) in [5.41, 5.74) is 0. The molecule has 84 valence electrons. The first-order valence-electron chi connectivity index (χ1n) is 6.14. The van der Waals surface area contributed by atoms with Crippen LogP contribution >= 0.6 is 0 Å². The van der Waals surface area contributed by atoms with Gasteiger partial charge >= 0.3 is 0 Å². The standard InChI is InChI=1S/C12H19NO2/c1-6(14)5-13-12(15)11-9-7-2-3-8(4-7)10(9)11/h6-11,14H,2-5H2,1H3,(H,13,15). The van der Waals surface area contributed by atoms with E-state index in [-0.39, 0.29) is 5.91 Å². The van der Waals surface area contributed by atoms with E-state index in [1.54, 1.807) is 6.92 Å². The third-order valence-corrected chi connectivity index (χ3v) is 4.61. The van der Waals surface area contributed by atoms with Crippen molar-refractivity contribution in [3.05, 3.63) is 0 Å². The van der Waals surface area contributed by atoms with Gasteiger partial charge in [0.1, 0.15) is 0 Å². The lowest BCUT2D eigenvalue weighted by Crippen LogP contribution is -2.33. The van der Waals surface area contributed by atoms with E-state index in [2.05, 4.69) is 5.32 Å². The quantitative estimate of drug-likeness (QED) is 0.721. The number of hydrogen-bond acceptors (Lipinski definition) is 2. The van der Waals surface area contributed by atoms with E-state index >= 15 is 0 Å². The molecular formula is C12H19NO2. The highest BCUT2D eigenvalue weighted by Gasteiger charge is 2.67. The first kappa shape index (κ1) is 9.64. The van der Waals surface area contributed by atoms with E-state index in [1.807, 2.05) is 0 Å². The minimum absolute atomic E-state index is 0.197. The lowest BCUT2D eigenvalue weighted by molar-refractivity contribution is -0.123. The molecule has 0 radical (unpaired) electrons. The smallest absolute Gasteiger partial charge is 0.223 e. The molecule has 0 aromatic heterocycles. The van der Waals surface area contributed by atoms with Gasteiger partial charge in [-0.1, -0.05) is 0 Å². The minimum Gasteiger partial charge on any atom is -0.392 e. The fourth-order valence-electron chi connectivity index (χ4n) is 4.04. The monoisotopic (exact) mass is 209 g/mol. The van der Waals surface area contributed by atoms with Gasteiger partial charge in [0.15, 0.2) is 0 Å². The number of aliphatic hydroxyl groups is 1. The van der Waals surface area contributed by atoms with Gasteiger partial charge in [-0.15, -0.1) is 0 Å². The summed E-state index contributed by atoms with van der Waals surface area (Å²) in [6, 6.07) is 0. The van der Waals surface area contributed by atoms with Crippen LogP contribution in [0.25, 0.3) is 0 Å². The molecule has 3 aliphatic rings. The van der Waals surface area contributed by atoms with Crippen molar-refractivity contribution >= 4 is 5.91 Å². The summed E-state index contributed by atoms with van der Waals surface area (Å²) in [7, 11) is 0. The SMILES string of the molecule is CC(O)CNC(=O)C1C2C3CCC(C3)C12. The number of nitrogens with one attached hydrogen (secondary N) is 1. The Balaban J connectivity index is 1.56. The molecule has 5 unspecified atom stereocenters. The van der Waals surface area contributed by atoms with Crippen molar-refractivity contribution in [2.45, 2.75) is 32.3 Å². The highest BCUT2D eigenvalue weighted by Crippen LogP contribution is 2.69. The van der Waals surface area contributed by atoms with Crippen LogP contribution in [0, 0.1) is 29.6 Å². The zero-order valence-electron chi connectivity index (χ0n) is 9.15. The lowest BCUT2D eigenvalue weighted by Gasteiger charge is -2.10. The molecule has 15 heavy (non-hydrogen) atoms. The fourth-order valence-corrected chi connectivity index (χ4v) is 4.04. The highest BCUT2D eigenvalue weighted by atomic mass is 16.3. The summed E-state index contributed by atoms with van der Waals surface area (Å²) in [6.07, 6.45) is 3.66. The van der Waals surface area contributed by atoms with Gasteiger partial charge in [-0.25, -0.2) is 0 Å². The van der Waals surface area contributed by atoms with Crippen LogP contribution in [0.2, 0.25) is 0 Å². The Morgan fingerprint density at radius 2 is 2.00 bits per heavy atom. The van der Waals surface area contributed by atoms with E-state index in [0.29, 0.717) is 24.3 Å². The molecule has 2 bridgehead atoms. The zero-order chi connectivity index (χ0) is 10.6. The molecule has 3 fully saturated rings. The van der Waals surface area contributed by atoms with Gasteiger partial charge in [-0.3, -0.25) is 4.79 Å². The summed E-state index contributed by atoms with van der Waals surface area (Å²) in [4.78, 5) is 11.8. The first-order valence-corrected chi connectivity index (χ1v) is 6.14. The average molecular weight is 209 g/mol. The Labute approximate surface area is 90.2 Å². The normalized spacial score (nSPS) is 47.5. The molecule has 3 saturated carbocycles. The van der Waals surface area contributed by atoms with Crippen LogP contribution < -0.4 is 5.32 Å². The van der Waals surface area contributed by atoms with Crippen molar-refractivity contribution < 1.29 is 9.90 Å². The lowest BCUT2D eigenvalue weighted by atomic mass is 10.0. The Hall–Kier alpha value is -0.570. The van der Waals surface area contributed by atoms with Gasteiger partial charge in [-0.05, 0) is 49.9 Å². The first-order chi connectivity index (χ1) is 7.18. The topological polar surface area (TPSA) is 49.3 Å². The third kappa shape index (κ3) is 1.40. The van der Waals surface area contributed by atoms with Crippen LogP contribution in [-0.4, -0.2) is 23.7 Å². The molecule has 2 N–H and O–H groups in total. The predicted molar refractivity (Wildman–Crippen MR) is 56.0 cm³/mol. The molecule has 0 aliphatic heterocycles. The van der Waals surface area contributed by atoms with Crippen molar-refractivity contribution in [2.24, 2.45) is 29.6 Å². The number of hydrogen-bond donors (Lipinski definition) is 2. The summed E-state index contributed by atoms with van der Waals surface area (Å²) >= 11 is 0. The molecule has 5 atom stereocenters.